The van der Waals surface area contributed by atoms with Crippen LogP contribution < -0.4 is 15.4 Å². The Bertz CT molecular complexity index is 1890. The van der Waals surface area contributed by atoms with Crippen molar-refractivity contribution in [1.82, 2.24) is 9.80 Å². The van der Waals surface area contributed by atoms with Crippen LogP contribution in [0.25, 0.3) is 21.9 Å². The summed E-state index contributed by atoms with van der Waals surface area (Å²) in [7, 11) is 2.08. The Labute approximate surface area is 288 Å². The Morgan fingerprint density at radius 1 is 0.918 bits per heavy atom. The van der Waals surface area contributed by atoms with Crippen LogP contribution in [0, 0.1) is 5.92 Å². The van der Waals surface area contributed by atoms with Gasteiger partial charge in [0, 0.05) is 42.2 Å². The van der Waals surface area contributed by atoms with Crippen LogP contribution in [0.4, 0.5) is 16.2 Å². The van der Waals surface area contributed by atoms with E-state index in [1.807, 2.05) is 79.7 Å². The SMILES string of the molecule is C[C@H]1CN([C@@H](C)CO)C(=O)Cc2cc(NC(=O)Nc3cccc4ccccc34)ccc2O[C@@H]1CN(C)Cc1ccc(-c2ccccc2)cc1. The van der Waals surface area contributed by atoms with Gasteiger partial charge >= 0.3 is 6.03 Å². The van der Waals surface area contributed by atoms with Gasteiger partial charge < -0.3 is 25.4 Å². The van der Waals surface area contributed by atoms with Gasteiger partial charge in [-0.25, -0.2) is 4.79 Å². The van der Waals surface area contributed by atoms with Crippen molar-refractivity contribution in [2.45, 2.75) is 39.0 Å². The molecule has 8 nitrogen and oxygen atoms in total. The summed E-state index contributed by atoms with van der Waals surface area (Å²) >= 11 is 0. The van der Waals surface area contributed by atoms with Crippen molar-refractivity contribution in [2.75, 3.05) is 37.4 Å². The highest BCUT2D eigenvalue weighted by atomic mass is 16.5. The fraction of sp³-hybridized carbons (Fsp3) is 0.268. The molecule has 8 heteroatoms. The molecule has 0 aromatic heterocycles. The average molecular weight is 657 g/mol. The summed E-state index contributed by atoms with van der Waals surface area (Å²) in [5.74, 6) is 0.503. The van der Waals surface area contributed by atoms with E-state index in [4.69, 9.17) is 4.74 Å². The number of aliphatic hydroxyl groups excluding tert-OH is 1. The number of hydrogen-bond donors (Lipinski definition) is 3. The average Bonchev–Trinajstić information content (AvgIpc) is 3.15. The van der Waals surface area contributed by atoms with Gasteiger partial charge in [0.25, 0.3) is 0 Å². The van der Waals surface area contributed by atoms with Gasteiger partial charge in [0.2, 0.25) is 5.91 Å². The summed E-state index contributed by atoms with van der Waals surface area (Å²) in [6, 6.07) is 37.4. The first-order valence-corrected chi connectivity index (χ1v) is 16.9. The van der Waals surface area contributed by atoms with Crippen molar-refractivity contribution in [2.24, 2.45) is 5.92 Å². The summed E-state index contributed by atoms with van der Waals surface area (Å²) < 4.78 is 6.72. The molecule has 49 heavy (non-hydrogen) atoms. The molecule has 0 saturated heterocycles. The molecular formula is C41H44N4O4. The first-order valence-electron chi connectivity index (χ1n) is 16.9. The van der Waals surface area contributed by atoms with Gasteiger partial charge in [0.15, 0.2) is 0 Å². The number of carbonyl (C=O) groups excluding carboxylic acids is 2. The molecule has 5 aromatic rings. The quantitative estimate of drug-likeness (QED) is 0.153. The van der Waals surface area contributed by atoms with Crippen molar-refractivity contribution in [3.8, 4) is 16.9 Å². The van der Waals surface area contributed by atoms with Crippen molar-refractivity contribution in [3.63, 3.8) is 0 Å². The molecular weight excluding hydrogens is 612 g/mol. The van der Waals surface area contributed by atoms with E-state index in [0.717, 1.165) is 17.3 Å². The van der Waals surface area contributed by atoms with Crippen LogP contribution in [0.2, 0.25) is 0 Å². The number of ether oxygens (including phenoxy) is 1. The predicted molar refractivity (Wildman–Crippen MR) is 197 cm³/mol. The first kappa shape index (κ1) is 33.7. The summed E-state index contributed by atoms with van der Waals surface area (Å²) in [4.78, 5) is 30.8. The number of benzene rings is 5. The van der Waals surface area contributed by atoms with Crippen molar-refractivity contribution < 1.29 is 19.4 Å². The monoisotopic (exact) mass is 656 g/mol. The van der Waals surface area contributed by atoms with Crippen LogP contribution in [-0.2, 0) is 17.8 Å². The number of carbonyl (C=O) groups is 2. The molecule has 3 atom stereocenters. The van der Waals surface area contributed by atoms with Gasteiger partial charge in [-0.05, 0) is 60.3 Å². The van der Waals surface area contributed by atoms with Gasteiger partial charge in [-0.3, -0.25) is 9.69 Å². The summed E-state index contributed by atoms with van der Waals surface area (Å²) in [5.41, 5.74) is 5.50. The third-order valence-electron chi connectivity index (χ3n) is 9.22. The molecule has 0 unspecified atom stereocenters. The summed E-state index contributed by atoms with van der Waals surface area (Å²) in [6.45, 7) is 5.64. The second kappa shape index (κ2) is 15.4. The highest BCUT2D eigenvalue weighted by Gasteiger charge is 2.31. The smallest absolute Gasteiger partial charge is 0.323 e. The largest absolute Gasteiger partial charge is 0.488 e. The molecule has 0 aliphatic carbocycles. The van der Waals surface area contributed by atoms with Crippen LogP contribution >= 0.6 is 0 Å². The lowest BCUT2D eigenvalue weighted by atomic mass is 10.0. The third kappa shape index (κ3) is 8.28. The van der Waals surface area contributed by atoms with E-state index >= 15 is 0 Å². The minimum Gasteiger partial charge on any atom is -0.488 e. The maximum Gasteiger partial charge on any atom is 0.323 e. The zero-order chi connectivity index (χ0) is 34.3. The Morgan fingerprint density at radius 2 is 1.63 bits per heavy atom. The summed E-state index contributed by atoms with van der Waals surface area (Å²) in [5, 5.41) is 17.9. The van der Waals surface area contributed by atoms with E-state index in [0.29, 0.717) is 35.8 Å². The number of urea groups is 1. The Hall–Kier alpha value is -5.18. The molecule has 1 heterocycles. The molecule has 3 amide bonds. The fourth-order valence-electron chi connectivity index (χ4n) is 6.46. The van der Waals surface area contributed by atoms with E-state index in [2.05, 4.69) is 65.9 Å². The second-order valence-corrected chi connectivity index (χ2v) is 13.1. The van der Waals surface area contributed by atoms with E-state index in [-0.39, 0.29) is 43.0 Å². The van der Waals surface area contributed by atoms with Gasteiger partial charge in [-0.2, -0.15) is 0 Å². The number of amides is 3. The molecule has 0 radical (unpaired) electrons. The van der Waals surface area contributed by atoms with Crippen molar-refractivity contribution >= 4 is 34.1 Å². The summed E-state index contributed by atoms with van der Waals surface area (Å²) in [6.07, 6.45) is -0.150. The van der Waals surface area contributed by atoms with E-state index in [1.165, 1.54) is 16.7 Å². The number of nitrogens with one attached hydrogen (secondary N) is 2. The number of rotatable bonds is 9. The zero-order valence-corrected chi connectivity index (χ0v) is 28.3. The molecule has 5 aromatic carbocycles. The normalized spacial score (nSPS) is 17.0. The van der Waals surface area contributed by atoms with Crippen LogP contribution in [0.3, 0.4) is 0 Å². The number of nitrogens with zero attached hydrogens (tertiary/aromatic N) is 2. The highest BCUT2D eigenvalue weighted by molar-refractivity contribution is 6.06. The first-order chi connectivity index (χ1) is 23.8. The minimum atomic E-state index is -0.382. The Balaban J connectivity index is 1.19. The lowest BCUT2D eigenvalue weighted by Gasteiger charge is -2.34. The van der Waals surface area contributed by atoms with Gasteiger partial charge in [0.1, 0.15) is 11.9 Å². The molecule has 0 spiro atoms. The third-order valence-corrected chi connectivity index (χ3v) is 9.22. The standard InChI is InChI=1S/C41H44N4O4/c1-28-24-45(29(2)27-46)40(47)23-34-22-35(42-41(48)43-37-15-9-13-33-12-7-8-14-36(33)37)20-21-38(34)49-39(28)26-44(3)25-30-16-18-32(19-17-30)31-10-5-4-6-11-31/h4-22,28-29,39,46H,23-27H2,1-3H3,(H2,42,43,48)/t28-,29-,39+/m0/s1. The molecule has 0 saturated carbocycles. The van der Waals surface area contributed by atoms with Gasteiger partial charge in [0.05, 0.1) is 24.8 Å². The molecule has 0 fully saturated rings. The molecule has 6 rings (SSSR count). The number of anilines is 2. The Morgan fingerprint density at radius 3 is 2.41 bits per heavy atom. The lowest BCUT2D eigenvalue weighted by molar-refractivity contribution is -0.134. The van der Waals surface area contributed by atoms with Gasteiger partial charge in [-0.1, -0.05) is 97.9 Å². The number of likely N-dealkylation sites (N-methyl/N-ethyl adjacent to an activating group) is 1. The van der Waals surface area contributed by atoms with E-state index in [1.54, 1.807) is 11.0 Å². The van der Waals surface area contributed by atoms with Crippen molar-refractivity contribution in [1.29, 1.82) is 0 Å². The van der Waals surface area contributed by atoms with Crippen LogP contribution in [0.15, 0.2) is 115 Å². The zero-order valence-electron chi connectivity index (χ0n) is 28.3. The fourth-order valence-corrected chi connectivity index (χ4v) is 6.46. The maximum absolute atomic E-state index is 13.7. The minimum absolute atomic E-state index is 0.0175. The van der Waals surface area contributed by atoms with Crippen molar-refractivity contribution in [3.05, 3.63) is 126 Å². The molecule has 0 bridgehead atoms. The van der Waals surface area contributed by atoms with E-state index < -0.39 is 0 Å². The van der Waals surface area contributed by atoms with Crippen LogP contribution in [0.1, 0.15) is 25.0 Å². The Kier molecular flexibility index (Phi) is 10.6. The second-order valence-electron chi connectivity index (χ2n) is 13.1. The molecule has 1 aliphatic heterocycles. The lowest BCUT2D eigenvalue weighted by Crippen LogP contribution is -2.47. The number of aliphatic hydroxyl groups is 1. The van der Waals surface area contributed by atoms with Gasteiger partial charge in [-0.15, -0.1) is 0 Å². The number of hydrogen-bond acceptors (Lipinski definition) is 5. The predicted octanol–water partition coefficient (Wildman–Crippen LogP) is 7.43. The molecule has 1 aliphatic rings. The maximum atomic E-state index is 13.7. The highest BCUT2D eigenvalue weighted by Crippen LogP contribution is 2.30. The van der Waals surface area contributed by atoms with Crippen LogP contribution in [-0.4, -0.2) is 65.7 Å². The molecule has 3 N–H and O–H groups in total. The number of fused-ring (bicyclic) bond motifs is 2. The molecule has 252 valence electrons. The topological polar surface area (TPSA) is 94.1 Å². The van der Waals surface area contributed by atoms with Crippen LogP contribution in [0.5, 0.6) is 5.75 Å². The van der Waals surface area contributed by atoms with E-state index in [9.17, 15) is 14.7 Å².